The van der Waals surface area contributed by atoms with Crippen LogP contribution in [0.4, 0.5) is 4.39 Å². The fourth-order valence-corrected chi connectivity index (χ4v) is 3.25. The lowest BCUT2D eigenvalue weighted by molar-refractivity contribution is 0.628. The highest BCUT2D eigenvalue weighted by Gasteiger charge is 2.08. The molecule has 3 heteroatoms. The Hall–Kier alpha value is -3.04. The van der Waals surface area contributed by atoms with Crippen LogP contribution < -0.4 is 5.32 Å². The Morgan fingerprint density at radius 2 is 1.69 bits per heavy atom. The topological polar surface area (TPSA) is 24.9 Å². The second-order valence-corrected chi connectivity index (χ2v) is 6.29. The molecule has 0 aliphatic rings. The largest absolute Gasteiger partial charge is 0.309 e. The van der Waals surface area contributed by atoms with Gasteiger partial charge in [-0.05, 0) is 45.8 Å². The van der Waals surface area contributed by atoms with E-state index in [1.165, 1.54) is 17.2 Å². The Morgan fingerprint density at radius 1 is 0.808 bits per heavy atom. The molecule has 0 atom stereocenters. The lowest BCUT2D eigenvalue weighted by atomic mass is 9.96. The average Bonchev–Trinajstić information content (AvgIpc) is 2.69. The van der Waals surface area contributed by atoms with E-state index in [0.29, 0.717) is 0 Å². The van der Waals surface area contributed by atoms with Crippen LogP contribution in [0.5, 0.6) is 0 Å². The second-order valence-electron chi connectivity index (χ2n) is 6.29. The minimum absolute atomic E-state index is 0.224. The molecule has 2 nitrogen and oxygen atoms in total. The molecule has 1 aromatic heterocycles. The van der Waals surface area contributed by atoms with Crippen molar-refractivity contribution >= 4 is 10.8 Å². The molecule has 0 aliphatic heterocycles. The van der Waals surface area contributed by atoms with Gasteiger partial charge in [-0.15, -0.1) is 0 Å². The van der Waals surface area contributed by atoms with Crippen LogP contribution >= 0.6 is 0 Å². The second kappa shape index (κ2) is 7.46. The number of pyridine rings is 1. The van der Waals surface area contributed by atoms with Crippen LogP contribution in [0, 0.1) is 5.82 Å². The van der Waals surface area contributed by atoms with Gasteiger partial charge in [0, 0.05) is 30.9 Å². The summed E-state index contributed by atoms with van der Waals surface area (Å²) in [5.74, 6) is -0.224. The summed E-state index contributed by atoms with van der Waals surface area (Å²) in [4.78, 5) is 4.29. The molecule has 0 saturated heterocycles. The molecule has 1 N–H and O–H groups in total. The highest BCUT2D eigenvalue weighted by Crippen LogP contribution is 2.30. The standard InChI is InChI=1S/C23H19FN2/c24-20-8-4-7-18(13-20)21-10-9-19(23-16-25-12-11-22(21)23)15-26-14-17-5-2-1-3-6-17/h1-13,16,26H,14-15H2. The number of rotatable bonds is 5. The van der Waals surface area contributed by atoms with E-state index in [2.05, 4.69) is 34.6 Å². The van der Waals surface area contributed by atoms with Crippen molar-refractivity contribution in [2.24, 2.45) is 0 Å². The maximum absolute atomic E-state index is 13.6. The van der Waals surface area contributed by atoms with Crippen molar-refractivity contribution in [3.63, 3.8) is 0 Å². The van der Waals surface area contributed by atoms with Crippen LogP contribution in [-0.2, 0) is 13.1 Å². The number of aromatic nitrogens is 1. The monoisotopic (exact) mass is 342 g/mol. The lowest BCUT2D eigenvalue weighted by Crippen LogP contribution is -2.13. The lowest BCUT2D eigenvalue weighted by Gasteiger charge is -2.12. The Morgan fingerprint density at radius 3 is 2.54 bits per heavy atom. The van der Waals surface area contributed by atoms with Crippen molar-refractivity contribution in [3.8, 4) is 11.1 Å². The van der Waals surface area contributed by atoms with Gasteiger partial charge in [-0.2, -0.15) is 0 Å². The van der Waals surface area contributed by atoms with Gasteiger partial charge in [0.05, 0.1) is 0 Å². The number of benzene rings is 3. The molecule has 0 amide bonds. The van der Waals surface area contributed by atoms with Gasteiger partial charge >= 0.3 is 0 Å². The van der Waals surface area contributed by atoms with Crippen LogP contribution in [-0.4, -0.2) is 4.98 Å². The number of fused-ring (bicyclic) bond motifs is 1. The zero-order valence-corrected chi connectivity index (χ0v) is 14.3. The Bertz CT molecular complexity index is 1030. The first kappa shape index (κ1) is 16.4. The zero-order chi connectivity index (χ0) is 17.8. The molecule has 0 saturated carbocycles. The Labute approximate surface area is 152 Å². The van der Waals surface area contributed by atoms with Crippen molar-refractivity contribution in [2.45, 2.75) is 13.1 Å². The van der Waals surface area contributed by atoms with Gasteiger partial charge in [0.15, 0.2) is 0 Å². The van der Waals surface area contributed by atoms with Crippen LogP contribution in [0.2, 0.25) is 0 Å². The van der Waals surface area contributed by atoms with E-state index in [1.807, 2.05) is 36.5 Å². The molecule has 4 rings (SSSR count). The van der Waals surface area contributed by atoms with E-state index < -0.39 is 0 Å². The SMILES string of the molecule is Fc1cccc(-c2ccc(CNCc3ccccc3)c3cnccc23)c1. The smallest absolute Gasteiger partial charge is 0.123 e. The summed E-state index contributed by atoms with van der Waals surface area (Å²) in [6, 6.07) is 23.2. The summed E-state index contributed by atoms with van der Waals surface area (Å²) in [5, 5.41) is 5.67. The van der Waals surface area contributed by atoms with Gasteiger partial charge in [0.25, 0.3) is 0 Å². The molecular formula is C23H19FN2. The first-order valence-corrected chi connectivity index (χ1v) is 8.67. The summed E-state index contributed by atoms with van der Waals surface area (Å²) >= 11 is 0. The predicted octanol–water partition coefficient (Wildman–Crippen LogP) is 5.33. The molecule has 0 bridgehead atoms. The molecule has 1 heterocycles. The summed E-state index contributed by atoms with van der Waals surface area (Å²) < 4.78 is 13.6. The number of hydrogen-bond donors (Lipinski definition) is 1. The first-order valence-electron chi connectivity index (χ1n) is 8.67. The summed E-state index contributed by atoms with van der Waals surface area (Å²) in [6.07, 6.45) is 3.67. The fraction of sp³-hybridized carbons (Fsp3) is 0.0870. The number of nitrogens with zero attached hydrogens (tertiary/aromatic N) is 1. The van der Waals surface area contributed by atoms with Gasteiger partial charge in [-0.3, -0.25) is 4.98 Å². The Kier molecular flexibility index (Phi) is 4.71. The molecule has 26 heavy (non-hydrogen) atoms. The van der Waals surface area contributed by atoms with Crippen LogP contribution in [0.1, 0.15) is 11.1 Å². The minimum atomic E-state index is -0.224. The van der Waals surface area contributed by atoms with Crippen LogP contribution in [0.3, 0.4) is 0 Å². The predicted molar refractivity (Wildman–Crippen MR) is 104 cm³/mol. The zero-order valence-electron chi connectivity index (χ0n) is 14.3. The highest BCUT2D eigenvalue weighted by molar-refractivity contribution is 5.98. The van der Waals surface area contributed by atoms with E-state index in [1.54, 1.807) is 18.3 Å². The third-order valence-corrected chi connectivity index (χ3v) is 4.53. The molecule has 4 aromatic rings. The van der Waals surface area contributed by atoms with Crippen molar-refractivity contribution in [1.29, 1.82) is 0 Å². The first-order chi connectivity index (χ1) is 12.8. The minimum Gasteiger partial charge on any atom is -0.309 e. The van der Waals surface area contributed by atoms with Crippen molar-refractivity contribution in [2.75, 3.05) is 0 Å². The molecule has 0 aliphatic carbocycles. The summed E-state index contributed by atoms with van der Waals surface area (Å²) in [5.41, 5.74) is 4.34. The average molecular weight is 342 g/mol. The summed E-state index contributed by atoms with van der Waals surface area (Å²) in [6.45, 7) is 1.56. The van der Waals surface area contributed by atoms with Crippen molar-refractivity contribution in [1.82, 2.24) is 10.3 Å². The van der Waals surface area contributed by atoms with E-state index in [-0.39, 0.29) is 5.82 Å². The van der Waals surface area contributed by atoms with Gasteiger partial charge in [-0.25, -0.2) is 4.39 Å². The molecule has 0 fully saturated rings. The summed E-state index contributed by atoms with van der Waals surface area (Å²) in [7, 11) is 0. The van der Waals surface area contributed by atoms with E-state index in [4.69, 9.17) is 0 Å². The maximum atomic E-state index is 13.6. The quantitative estimate of drug-likeness (QED) is 0.530. The van der Waals surface area contributed by atoms with Gasteiger partial charge in [0.2, 0.25) is 0 Å². The molecule has 0 unspecified atom stereocenters. The molecule has 3 aromatic carbocycles. The molecular weight excluding hydrogens is 323 g/mol. The van der Waals surface area contributed by atoms with Gasteiger partial charge < -0.3 is 5.32 Å². The van der Waals surface area contributed by atoms with E-state index in [0.717, 1.165) is 35.0 Å². The van der Waals surface area contributed by atoms with Crippen molar-refractivity contribution < 1.29 is 4.39 Å². The maximum Gasteiger partial charge on any atom is 0.123 e. The van der Waals surface area contributed by atoms with E-state index in [9.17, 15) is 4.39 Å². The van der Waals surface area contributed by atoms with Crippen molar-refractivity contribution in [3.05, 3.63) is 102 Å². The molecule has 0 spiro atoms. The van der Waals surface area contributed by atoms with Gasteiger partial charge in [-0.1, -0.05) is 54.6 Å². The number of hydrogen-bond acceptors (Lipinski definition) is 2. The van der Waals surface area contributed by atoms with Gasteiger partial charge in [0.1, 0.15) is 5.82 Å². The van der Waals surface area contributed by atoms with Crippen LogP contribution in [0.15, 0.2) is 85.2 Å². The molecule has 0 radical (unpaired) electrons. The number of halogens is 1. The van der Waals surface area contributed by atoms with E-state index >= 15 is 0 Å². The third-order valence-electron chi connectivity index (χ3n) is 4.53. The normalized spacial score (nSPS) is 11.0. The molecule has 128 valence electrons. The fourth-order valence-electron chi connectivity index (χ4n) is 3.25. The van der Waals surface area contributed by atoms with Crippen LogP contribution in [0.25, 0.3) is 21.9 Å². The third kappa shape index (κ3) is 3.48. The number of nitrogens with one attached hydrogen (secondary N) is 1. The Balaban J connectivity index is 1.64. The highest BCUT2D eigenvalue weighted by atomic mass is 19.1.